The number of rotatable bonds is 5. The van der Waals surface area contributed by atoms with Crippen LogP contribution in [0, 0.1) is 0 Å². The highest BCUT2D eigenvalue weighted by Gasteiger charge is 2.11. The van der Waals surface area contributed by atoms with Crippen LogP contribution in [-0.4, -0.2) is 38.7 Å². The highest BCUT2D eigenvalue weighted by molar-refractivity contribution is 7.88. The molecule has 1 amide bonds. The van der Waals surface area contributed by atoms with Crippen LogP contribution >= 0.6 is 11.6 Å². The summed E-state index contributed by atoms with van der Waals surface area (Å²) in [5, 5.41) is 2.53. The number of halogens is 1. The number of nitrogen functional groups attached to an aromatic ring is 1. The van der Waals surface area contributed by atoms with E-state index >= 15 is 0 Å². The Labute approximate surface area is 110 Å². The molecule has 0 saturated carbocycles. The number of hydrogen-bond donors (Lipinski definition) is 3. The number of carbonyl (C=O) groups excluding carboxylic acids is 1. The minimum absolute atomic E-state index is 0.0396. The van der Waals surface area contributed by atoms with Crippen molar-refractivity contribution >= 4 is 33.2 Å². The van der Waals surface area contributed by atoms with Crippen molar-refractivity contribution in [3.63, 3.8) is 0 Å². The van der Waals surface area contributed by atoms with E-state index in [1.54, 1.807) is 0 Å². The zero-order valence-corrected chi connectivity index (χ0v) is 11.2. The molecule has 0 spiro atoms. The number of sulfonamides is 1. The van der Waals surface area contributed by atoms with Crippen LogP contribution in [-0.2, 0) is 10.0 Å². The highest BCUT2D eigenvalue weighted by Crippen LogP contribution is 2.14. The first-order valence-electron chi connectivity index (χ1n) is 4.93. The lowest BCUT2D eigenvalue weighted by atomic mass is 10.2. The molecule has 0 fully saturated rings. The van der Waals surface area contributed by atoms with Crippen LogP contribution in [0.2, 0.25) is 5.15 Å². The largest absolute Gasteiger partial charge is 0.397 e. The summed E-state index contributed by atoms with van der Waals surface area (Å²) in [4.78, 5) is 15.4. The number of nitrogens with two attached hydrogens (primary N) is 1. The monoisotopic (exact) mass is 292 g/mol. The molecule has 0 bridgehead atoms. The molecule has 0 saturated heterocycles. The minimum Gasteiger partial charge on any atom is -0.397 e. The Morgan fingerprint density at radius 2 is 2.17 bits per heavy atom. The zero-order chi connectivity index (χ0) is 13.8. The van der Waals surface area contributed by atoms with E-state index in [1.807, 2.05) is 0 Å². The van der Waals surface area contributed by atoms with E-state index in [0.29, 0.717) is 5.69 Å². The van der Waals surface area contributed by atoms with Crippen LogP contribution in [0.1, 0.15) is 10.4 Å². The van der Waals surface area contributed by atoms with Crippen LogP contribution in [0.5, 0.6) is 0 Å². The molecule has 1 heterocycles. The molecular weight excluding hydrogens is 280 g/mol. The van der Waals surface area contributed by atoms with Gasteiger partial charge in [-0.25, -0.2) is 18.1 Å². The summed E-state index contributed by atoms with van der Waals surface area (Å²) in [6.07, 6.45) is 2.37. The summed E-state index contributed by atoms with van der Waals surface area (Å²) in [6, 6.07) is 1.40. The first-order chi connectivity index (χ1) is 8.29. The summed E-state index contributed by atoms with van der Waals surface area (Å²) < 4.78 is 23.8. The second-order valence-corrected chi connectivity index (χ2v) is 5.72. The fourth-order valence-corrected chi connectivity index (χ4v) is 1.79. The van der Waals surface area contributed by atoms with Crippen LogP contribution in [0.4, 0.5) is 5.69 Å². The van der Waals surface area contributed by atoms with E-state index in [2.05, 4.69) is 15.0 Å². The standard InChI is InChI=1S/C9H13ClN4O3S/c1-18(16,17)14-3-2-12-9(15)7-4-6(11)5-13-8(7)10/h4-5,14H,2-3,11H2,1H3,(H,12,15). The Balaban J connectivity index is 2.53. The number of pyridine rings is 1. The predicted octanol–water partition coefficient (Wildman–Crippen LogP) is -0.404. The number of hydrogen-bond acceptors (Lipinski definition) is 5. The summed E-state index contributed by atoms with van der Waals surface area (Å²) in [5.74, 6) is -0.463. The van der Waals surface area contributed by atoms with Crippen LogP contribution in [0.3, 0.4) is 0 Å². The molecule has 1 rings (SSSR count). The third-order valence-corrected chi connectivity index (χ3v) is 2.91. The van der Waals surface area contributed by atoms with Gasteiger partial charge in [0.15, 0.2) is 0 Å². The molecular formula is C9H13ClN4O3S. The van der Waals surface area contributed by atoms with Gasteiger partial charge in [-0.2, -0.15) is 0 Å². The fourth-order valence-electron chi connectivity index (χ4n) is 1.13. The number of amides is 1. The van der Waals surface area contributed by atoms with Crippen molar-refractivity contribution in [2.45, 2.75) is 0 Å². The Bertz CT molecular complexity index is 547. The van der Waals surface area contributed by atoms with Gasteiger partial charge in [0.25, 0.3) is 5.91 Å². The van der Waals surface area contributed by atoms with E-state index in [9.17, 15) is 13.2 Å². The molecule has 1 aromatic heterocycles. The van der Waals surface area contributed by atoms with Gasteiger partial charge in [-0.3, -0.25) is 4.79 Å². The van der Waals surface area contributed by atoms with E-state index in [4.69, 9.17) is 17.3 Å². The van der Waals surface area contributed by atoms with Crippen molar-refractivity contribution in [3.8, 4) is 0 Å². The summed E-state index contributed by atoms with van der Waals surface area (Å²) in [7, 11) is -3.26. The number of carbonyl (C=O) groups is 1. The molecule has 0 aliphatic rings. The Morgan fingerprint density at radius 1 is 1.50 bits per heavy atom. The molecule has 0 aliphatic carbocycles. The average molecular weight is 293 g/mol. The molecule has 100 valence electrons. The molecule has 0 aromatic carbocycles. The van der Waals surface area contributed by atoms with Crippen molar-refractivity contribution in [3.05, 3.63) is 23.0 Å². The van der Waals surface area contributed by atoms with Crippen molar-refractivity contribution in [1.82, 2.24) is 15.0 Å². The second kappa shape index (κ2) is 5.98. The summed E-state index contributed by atoms with van der Waals surface area (Å²) >= 11 is 5.74. The smallest absolute Gasteiger partial charge is 0.254 e. The molecule has 7 nitrogen and oxygen atoms in total. The molecule has 1 aromatic rings. The Kier molecular flexibility index (Phi) is 4.88. The normalized spacial score (nSPS) is 11.2. The van der Waals surface area contributed by atoms with Crippen molar-refractivity contribution in [2.75, 3.05) is 25.1 Å². The van der Waals surface area contributed by atoms with Gasteiger partial charge >= 0.3 is 0 Å². The summed E-state index contributed by atoms with van der Waals surface area (Å²) in [6.45, 7) is 0.231. The first-order valence-corrected chi connectivity index (χ1v) is 7.20. The number of nitrogens with zero attached hydrogens (tertiary/aromatic N) is 1. The lowest BCUT2D eigenvalue weighted by Crippen LogP contribution is -2.34. The zero-order valence-electron chi connectivity index (χ0n) is 9.60. The van der Waals surface area contributed by atoms with Crippen LogP contribution < -0.4 is 15.8 Å². The van der Waals surface area contributed by atoms with Gasteiger partial charge in [-0.1, -0.05) is 11.6 Å². The van der Waals surface area contributed by atoms with Gasteiger partial charge in [0, 0.05) is 13.1 Å². The lowest BCUT2D eigenvalue weighted by molar-refractivity contribution is 0.0954. The van der Waals surface area contributed by atoms with E-state index in [-0.39, 0.29) is 23.8 Å². The number of anilines is 1. The highest BCUT2D eigenvalue weighted by atomic mass is 35.5. The quantitative estimate of drug-likeness (QED) is 0.504. The third-order valence-electron chi connectivity index (χ3n) is 1.88. The SMILES string of the molecule is CS(=O)(=O)NCCNC(=O)c1cc(N)cnc1Cl. The fraction of sp³-hybridized carbons (Fsp3) is 0.333. The molecule has 4 N–H and O–H groups in total. The topological polar surface area (TPSA) is 114 Å². The number of nitrogens with one attached hydrogen (secondary N) is 2. The molecule has 0 radical (unpaired) electrons. The van der Waals surface area contributed by atoms with Gasteiger partial charge in [-0.05, 0) is 6.07 Å². The van der Waals surface area contributed by atoms with Gasteiger partial charge in [-0.15, -0.1) is 0 Å². The lowest BCUT2D eigenvalue weighted by Gasteiger charge is -2.07. The molecule has 0 aliphatic heterocycles. The van der Waals surface area contributed by atoms with Crippen LogP contribution in [0.25, 0.3) is 0 Å². The van der Waals surface area contributed by atoms with E-state index in [1.165, 1.54) is 12.3 Å². The average Bonchev–Trinajstić information content (AvgIpc) is 2.26. The van der Waals surface area contributed by atoms with Gasteiger partial charge in [0.05, 0.1) is 23.7 Å². The second-order valence-electron chi connectivity index (χ2n) is 3.53. The van der Waals surface area contributed by atoms with E-state index in [0.717, 1.165) is 6.26 Å². The molecule has 9 heteroatoms. The van der Waals surface area contributed by atoms with Gasteiger partial charge in [0.2, 0.25) is 10.0 Å². The predicted molar refractivity (Wildman–Crippen MR) is 68.8 cm³/mol. The van der Waals surface area contributed by atoms with Gasteiger partial charge < -0.3 is 11.1 Å². The maximum atomic E-state index is 11.7. The van der Waals surface area contributed by atoms with Gasteiger partial charge in [0.1, 0.15) is 5.15 Å². The minimum atomic E-state index is -3.26. The van der Waals surface area contributed by atoms with Crippen LogP contribution in [0.15, 0.2) is 12.3 Å². The number of aromatic nitrogens is 1. The van der Waals surface area contributed by atoms with E-state index < -0.39 is 15.9 Å². The summed E-state index contributed by atoms with van der Waals surface area (Å²) in [5.41, 5.74) is 5.95. The van der Waals surface area contributed by atoms with Crippen molar-refractivity contribution < 1.29 is 13.2 Å². The van der Waals surface area contributed by atoms with Crippen molar-refractivity contribution in [1.29, 1.82) is 0 Å². The molecule has 0 atom stereocenters. The Hall–Kier alpha value is -1.38. The maximum Gasteiger partial charge on any atom is 0.254 e. The molecule has 0 unspecified atom stereocenters. The molecule has 18 heavy (non-hydrogen) atoms. The first kappa shape index (κ1) is 14.7. The van der Waals surface area contributed by atoms with Crippen molar-refractivity contribution in [2.24, 2.45) is 0 Å². The third kappa shape index (κ3) is 4.86. The maximum absolute atomic E-state index is 11.7. The Morgan fingerprint density at radius 3 is 2.78 bits per heavy atom.